The first kappa shape index (κ1) is 15.1. The molecular formula is C11H19NO2. The van der Waals surface area contributed by atoms with Crippen molar-refractivity contribution in [3.8, 4) is 0 Å². The third-order valence-corrected chi connectivity index (χ3v) is 1.19. The maximum absolute atomic E-state index is 9.96. The Bertz CT molecular complexity index is 195. The van der Waals surface area contributed by atoms with Gasteiger partial charge in [0.2, 0.25) is 0 Å². The standard InChI is InChI=1S/C10H14O2.CH5N/c1-3-5-7-10(4-2)12-9-6-8-11;1-2/h3-5,7-8H,1,6,9H2,2H3;2H2,1H3/b7-5-,10-4+;. The number of hydrogen-bond donors (Lipinski definition) is 1. The Balaban J connectivity index is 0. The van der Waals surface area contributed by atoms with Gasteiger partial charge in [0.1, 0.15) is 12.0 Å². The minimum Gasteiger partial charge on any atom is -0.493 e. The van der Waals surface area contributed by atoms with Gasteiger partial charge in [-0.3, -0.25) is 0 Å². The predicted molar refractivity (Wildman–Crippen MR) is 59.8 cm³/mol. The lowest BCUT2D eigenvalue weighted by molar-refractivity contribution is -0.108. The molecule has 0 spiro atoms. The summed E-state index contributed by atoms with van der Waals surface area (Å²) in [5.41, 5.74) is 4.50. The van der Waals surface area contributed by atoms with E-state index < -0.39 is 0 Å². The van der Waals surface area contributed by atoms with E-state index >= 15 is 0 Å². The second-order valence-corrected chi connectivity index (χ2v) is 2.09. The molecule has 0 rings (SSSR count). The summed E-state index contributed by atoms with van der Waals surface area (Å²) in [5.74, 6) is 0.761. The summed E-state index contributed by atoms with van der Waals surface area (Å²) < 4.78 is 5.23. The molecule has 0 amide bonds. The van der Waals surface area contributed by atoms with Gasteiger partial charge in [0.15, 0.2) is 0 Å². The first-order valence-corrected chi connectivity index (χ1v) is 4.44. The van der Waals surface area contributed by atoms with Crippen molar-refractivity contribution in [1.29, 1.82) is 0 Å². The lowest BCUT2D eigenvalue weighted by Crippen LogP contribution is -1.93. The van der Waals surface area contributed by atoms with Crippen LogP contribution in [0.15, 0.2) is 36.6 Å². The zero-order valence-corrected chi connectivity index (χ0v) is 8.90. The van der Waals surface area contributed by atoms with Crippen LogP contribution in [0.5, 0.6) is 0 Å². The molecule has 2 N–H and O–H groups in total. The van der Waals surface area contributed by atoms with E-state index in [1.165, 1.54) is 7.05 Å². The summed E-state index contributed by atoms with van der Waals surface area (Å²) in [6, 6.07) is 0. The van der Waals surface area contributed by atoms with Crippen LogP contribution >= 0.6 is 0 Å². The Morgan fingerprint density at radius 3 is 2.57 bits per heavy atom. The fourth-order valence-electron chi connectivity index (χ4n) is 0.615. The van der Waals surface area contributed by atoms with Gasteiger partial charge in [-0.15, -0.1) is 0 Å². The lowest BCUT2D eigenvalue weighted by Gasteiger charge is -2.02. The predicted octanol–water partition coefficient (Wildman–Crippen LogP) is 1.81. The number of ether oxygens (including phenoxy) is 1. The summed E-state index contributed by atoms with van der Waals surface area (Å²) in [5, 5.41) is 0. The van der Waals surface area contributed by atoms with Gasteiger partial charge in [0.25, 0.3) is 0 Å². The van der Waals surface area contributed by atoms with Crippen molar-refractivity contribution in [1.82, 2.24) is 0 Å². The van der Waals surface area contributed by atoms with E-state index in [0.717, 1.165) is 12.0 Å². The van der Waals surface area contributed by atoms with Crippen molar-refractivity contribution >= 4 is 6.29 Å². The Hall–Kier alpha value is -1.35. The molecule has 0 aliphatic rings. The molecule has 0 unspecified atom stereocenters. The molecule has 0 aromatic rings. The van der Waals surface area contributed by atoms with Crippen LogP contribution in [0.1, 0.15) is 13.3 Å². The Labute approximate surface area is 85.9 Å². The molecule has 14 heavy (non-hydrogen) atoms. The van der Waals surface area contributed by atoms with Gasteiger partial charge in [-0.05, 0) is 26.1 Å². The maximum Gasteiger partial charge on any atom is 0.123 e. The minimum atomic E-state index is 0.430. The van der Waals surface area contributed by atoms with Crippen molar-refractivity contribution in [2.45, 2.75) is 13.3 Å². The molecule has 0 saturated carbocycles. The van der Waals surface area contributed by atoms with Crippen LogP contribution in [0.3, 0.4) is 0 Å². The smallest absolute Gasteiger partial charge is 0.123 e. The molecule has 0 aromatic heterocycles. The van der Waals surface area contributed by atoms with E-state index in [0.29, 0.717) is 13.0 Å². The highest BCUT2D eigenvalue weighted by Crippen LogP contribution is 1.99. The van der Waals surface area contributed by atoms with Crippen molar-refractivity contribution in [3.63, 3.8) is 0 Å². The van der Waals surface area contributed by atoms with E-state index in [1.807, 2.05) is 13.0 Å². The van der Waals surface area contributed by atoms with Crippen molar-refractivity contribution in [2.75, 3.05) is 13.7 Å². The molecule has 0 atom stereocenters. The summed E-state index contributed by atoms with van der Waals surface area (Å²) in [6.07, 6.45) is 8.37. The van der Waals surface area contributed by atoms with Crippen LogP contribution in [-0.4, -0.2) is 19.9 Å². The van der Waals surface area contributed by atoms with Gasteiger partial charge >= 0.3 is 0 Å². The number of nitrogens with two attached hydrogens (primary N) is 1. The van der Waals surface area contributed by atoms with Crippen molar-refractivity contribution < 1.29 is 9.53 Å². The number of carbonyl (C=O) groups excluding carboxylic acids is 1. The normalized spacial score (nSPS) is 10.4. The third-order valence-electron chi connectivity index (χ3n) is 1.19. The second kappa shape index (κ2) is 14.2. The fourth-order valence-corrected chi connectivity index (χ4v) is 0.615. The number of aldehydes is 1. The lowest BCUT2D eigenvalue weighted by atomic mass is 10.4. The summed E-state index contributed by atoms with van der Waals surface area (Å²) in [6.45, 7) is 5.85. The molecule has 0 bridgehead atoms. The topological polar surface area (TPSA) is 52.3 Å². The van der Waals surface area contributed by atoms with Gasteiger partial charge in [-0.2, -0.15) is 0 Å². The molecule has 0 saturated heterocycles. The molecule has 0 aromatic carbocycles. The molecule has 0 fully saturated rings. The van der Waals surface area contributed by atoms with Crippen LogP contribution in [0.25, 0.3) is 0 Å². The fraction of sp³-hybridized carbons (Fsp3) is 0.364. The van der Waals surface area contributed by atoms with E-state index in [-0.39, 0.29) is 0 Å². The average molecular weight is 197 g/mol. The van der Waals surface area contributed by atoms with E-state index in [9.17, 15) is 4.79 Å². The van der Waals surface area contributed by atoms with Gasteiger partial charge in [-0.1, -0.05) is 18.7 Å². The summed E-state index contributed by atoms with van der Waals surface area (Å²) in [4.78, 5) is 9.96. The molecule has 0 heterocycles. The van der Waals surface area contributed by atoms with Crippen LogP contribution in [0.2, 0.25) is 0 Å². The minimum absolute atomic E-state index is 0.430. The van der Waals surface area contributed by atoms with Crippen molar-refractivity contribution in [2.24, 2.45) is 5.73 Å². The Morgan fingerprint density at radius 2 is 2.14 bits per heavy atom. The highest BCUT2D eigenvalue weighted by molar-refractivity contribution is 5.49. The molecule has 0 aliphatic carbocycles. The van der Waals surface area contributed by atoms with Crippen LogP contribution < -0.4 is 5.73 Å². The van der Waals surface area contributed by atoms with Crippen molar-refractivity contribution in [3.05, 3.63) is 36.6 Å². The van der Waals surface area contributed by atoms with E-state index in [1.54, 1.807) is 18.2 Å². The van der Waals surface area contributed by atoms with Gasteiger partial charge in [0.05, 0.1) is 6.61 Å². The monoisotopic (exact) mass is 197 g/mol. The Kier molecular flexibility index (Phi) is 15.3. The van der Waals surface area contributed by atoms with E-state index in [4.69, 9.17) is 4.74 Å². The van der Waals surface area contributed by atoms with Crippen LogP contribution in [-0.2, 0) is 9.53 Å². The zero-order valence-electron chi connectivity index (χ0n) is 8.90. The third kappa shape index (κ3) is 10.7. The number of allylic oxidation sites excluding steroid dienone is 4. The summed E-state index contributed by atoms with van der Waals surface area (Å²) >= 11 is 0. The van der Waals surface area contributed by atoms with Crippen LogP contribution in [0, 0.1) is 0 Å². The zero-order chi connectivity index (χ0) is 11.2. The quantitative estimate of drug-likeness (QED) is 0.306. The first-order chi connectivity index (χ1) is 6.85. The first-order valence-electron chi connectivity index (χ1n) is 4.44. The number of rotatable bonds is 6. The molecule has 3 nitrogen and oxygen atoms in total. The highest BCUT2D eigenvalue weighted by Gasteiger charge is 1.89. The Morgan fingerprint density at radius 1 is 1.50 bits per heavy atom. The number of carbonyl (C=O) groups is 1. The van der Waals surface area contributed by atoms with E-state index in [2.05, 4.69) is 12.3 Å². The largest absolute Gasteiger partial charge is 0.493 e. The SMILES string of the molecule is C=C/C=C\C(=C/C)OCCC=O.CN. The van der Waals surface area contributed by atoms with Gasteiger partial charge < -0.3 is 15.3 Å². The molecule has 0 aliphatic heterocycles. The maximum atomic E-state index is 9.96. The molecule has 0 radical (unpaired) electrons. The van der Waals surface area contributed by atoms with Gasteiger partial charge in [0, 0.05) is 6.42 Å². The van der Waals surface area contributed by atoms with Crippen LogP contribution in [0.4, 0.5) is 0 Å². The molecular weight excluding hydrogens is 178 g/mol. The van der Waals surface area contributed by atoms with Gasteiger partial charge in [-0.25, -0.2) is 0 Å². The molecule has 80 valence electrons. The second-order valence-electron chi connectivity index (χ2n) is 2.09. The molecule has 3 heteroatoms. The average Bonchev–Trinajstić information content (AvgIpc) is 2.26. The number of hydrogen-bond acceptors (Lipinski definition) is 3. The summed E-state index contributed by atoms with van der Waals surface area (Å²) in [7, 11) is 1.50. The highest BCUT2D eigenvalue weighted by atomic mass is 16.5.